The van der Waals surface area contributed by atoms with Crippen LogP contribution in [0.2, 0.25) is 0 Å². The van der Waals surface area contributed by atoms with Crippen LogP contribution in [0.3, 0.4) is 0 Å². The topological polar surface area (TPSA) is 139 Å². The summed E-state index contributed by atoms with van der Waals surface area (Å²) in [6.45, 7) is 4.39. The molecule has 0 aliphatic carbocycles. The zero-order chi connectivity index (χ0) is 31.7. The Morgan fingerprint density at radius 1 is 0.884 bits per heavy atom. The van der Waals surface area contributed by atoms with E-state index in [1.807, 2.05) is 0 Å². The predicted octanol–water partition coefficient (Wildman–Crippen LogP) is 6.66. The van der Waals surface area contributed by atoms with Crippen molar-refractivity contribution in [3.05, 3.63) is 31.5 Å². The van der Waals surface area contributed by atoms with Gasteiger partial charge in [-0.1, -0.05) is 117 Å². The van der Waals surface area contributed by atoms with Gasteiger partial charge in [-0.25, -0.2) is 4.79 Å². The van der Waals surface area contributed by atoms with Crippen LogP contribution in [0.15, 0.2) is 20.3 Å². The number of aromatic amines is 1. The average Bonchev–Trinajstić information content (AvgIpc) is 3.34. The van der Waals surface area contributed by atoms with Crippen molar-refractivity contribution in [3.8, 4) is 0 Å². The van der Waals surface area contributed by atoms with Crippen molar-refractivity contribution in [2.45, 2.75) is 173 Å². The molecule has 9 nitrogen and oxygen atoms in total. The molecule has 0 bridgehead atoms. The fourth-order valence-corrected chi connectivity index (χ4v) is 6.22. The van der Waals surface area contributed by atoms with E-state index < -0.39 is 46.9 Å². The molecule has 10 heteroatoms. The van der Waals surface area contributed by atoms with Crippen LogP contribution in [0.25, 0.3) is 0 Å². The number of Topliss-reactive ketones (excluding diaryl/α,β-unsaturated/α-hetero) is 2. The zero-order valence-corrected chi connectivity index (χ0v) is 28.0. The third kappa shape index (κ3) is 12.4. The molecule has 246 valence electrons. The van der Waals surface area contributed by atoms with Crippen molar-refractivity contribution >= 4 is 27.5 Å². The summed E-state index contributed by atoms with van der Waals surface area (Å²) in [7, 11) is 0. The number of unbranched alkanes of at least 4 members (excludes halogenated alkanes) is 16. The van der Waals surface area contributed by atoms with Crippen molar-refractivity contribution in [2.75, 3.05) is 0 Å². The van der Waals surface area contributed by atoms with Crippen LogP contribution in [0, 0.1) is 0 Å². The molecule has 2 heterocycles. The molecule has 1 aliphatic rings. The monoisotopic (exact) mass is 670 g/mol. The number of aliphatic hydroxyl groups is 2. The number of aliphatic hydroxyl groups excluding tert-OH is 1. The first-order chi connectivity index (χ1) is 20.7. The second-order valence-electron chi connectivity index (χ2n) is 12.3. The molecule has 3 N–H and O–H groups in total. The van der Waals surface area contributed by atoms with Crippen LogP contribution in [-0.4, -0.2) is 49.1 Å². The Bertz CT molecular complexity index is 1090. The Hall–Kier alpha value is -1.62. The summed E-state index contributed by atoms with van der Waals surface area (Å²) in [5, 5.41) is 22.7. The van der Waals surface area contributed by atoms with Gasteiger partial charge in [0, 0.05) is 25.5 Å². The van der Waals surface area contributed by atoms with Crippen LogP contribution >= 0.6 is 15.9 Å². The van der Waals surface area contributed by atoms with Gasteiger partial charge in [-0.3, -0.25) is 23.9 Å². The average molecular weight is 672 g/mol. The van der Waals surface area contributed by atoms with Crippen LogP contribution in [0.1, 0.15) is 155 Å². The van der Waals surface area contributed by atoms with E-state index in [4.69, 9.17) is 4.74 Å². The molecule has 1 saturated heterocycles. The number of halogens is 1. The van der Waals surface area contributed by atoms with E-state index in [-0.39, 0.29) is 23.7 Å². The third-order valence-electron chi connectivity index (χ3n) is 8.63. The number of ketones is 2. The fraction of sp³-hybridized carbons (Fsp3) is 0.818. The molecule has 2 rings (SSSR count). The van der Waals surface area contributed by atoms with E-state index in [1.165, 1.54) is 70.4 Å². The maximum Gasteiger partial charge on any atom is 0.330 e. The molecule has 43 heavy (non-hydrogen) atoms. The Morgan fingerprint density at radius 2 is 1.35 bits per heavy atom. The van der Waals surface area contributed by atoms with Crippen molar-refractivity contribution in [1.29, 1.82) is 0 Å². The molecule has 0 spiro atoms. The SMILES string of the molecule is CCCCCCCCCCCC(=O)C(O)[C@H]1O[C@@H](n2cc(Br)c(=O)[nH]c2=O)C[C@@]1(O)C(=O)CCCCCCCCCCC. The molecule has 0 radical (unpaired) electrons. The highest BCUT2D eigenvalue weighted by molar-refractivity contribution is 9.10. The number of nitrogens with one attached hydrogen (secondary N) is 1. The van der Waals surface area contributed by atoms with Gasteiger partial charge >= 0.3 is 5.69 Å². The highest BCUT2D eigenvalue weighted by Crippen LogP contribution is 2.40. The molecule has 1 aliphatic heterocycles. The van der Waals surface area contributed by atoms with Gasteiger partial charge in [0.15, 0.2) is 17.2 Å². The van der Waals surface area contributed by atoms with Crippen LogP contribution in [-0.2, 0) is 14.3 Å². The summed E-state index contributed by atoms with van der Waals surface area (Å²) in [4.78, 5) is 53.0. The van der Waals surface area contributed by atoms with Crippen molar-refractivity contribution in [1.82, 2.24) is 9.55 Å². The normalized spacial score (nSPS) is 20.9. The Kier molecular flexibility index (Phi) is 17.8. The number of hydrogen-bond acceptors (Lipinski definition) is 7. The Labute approximate surface area is 265 Å². The maximum absolute atomic E-state index is 13.4. The van der Waals surface area contributed by atoms with E-state index in [2.05, 4.69) is 34.8 Å². The Balaban J connectivity index is 1.99. The van der Waals surface area contributed by atoms with E-state index in [9.17, 15) is 29.4 Å². The second kappa shape index (κ2) is 20.4. The van der Waals surface area contributed by atoms with Gasteiger partial charge < -0.3 is 14.9 Å². The van der Waals surface area contributed by atoms with Gasteiger partial charge in [-0.05, 0) is 28.8 Å². The van der Waals surface area contributed by atoms with Gasteiger partial charge in [0.1, 0.15) is 18.4 Å². The summed E-state index contributed by atoms with van der Waals surface area (Å²) in [6, 6.07) is 0. The largest absolute Gasteiger partial charge is 0.382 e. The first kappa shape index (κ1) is 37.6. The predicted molar refractivity (Wildman–Crippen MR) is 172 cm³/mol. The third-order valence-corrected chi connectivity index (χ3v) is 9.19. The summed E-state index contributed by atoms with van der Waals surface area (Å²) in [6.07, 6.45) is 16.2. The lowest BCUT2D eigenvalue weighted by Crippen LogP contribution is -2.53. The quantitative estimate of drug-likeness (QED) is 0.105. The fourth-order valence-electron chi connectivity index (χ4n) is 5.90. The molecule has 1 unspecified atom stereocenters. The lowest BCUT2D eigenvalue weighted by molar-refractivity contribution is -0.160. The van der Waals surface area contributed by atoms with Crippen LogP contribution in [0.5, 0.6) is 0 Å². The summed E-state index contributed by atoms with van der Waals surface area (Å²) in [5.41, 5.74) is -3.53. The number of nitrogens with zero attached hydrogens (tertiary/aromatic N) is 1. The molecule has 1 aromatic rings. The first-order valence-corrected chi connectivity index (χ1v) is 17.6. The number of hydrogen-bond donors (Lipinski definition) is 3. The number of ether oxygens (including phenoxy) is 1. The number of aromatic nitrogens is 2. The zero-order valence-electron chi connectivity index (χ0n) is 26.4. The van der Waals surface area contributed by atoms with Crippen LogP contribution in [0.4, 0.5) is 0 Å². The second-order valence-corrected chi connectivity index (χ2v) is 13.1. The minimum absolute atomic E-state index is 0.0747. The summed E-state index contributed by atoms with van der Waals surface area (Å²) < 4.78 is 7.05. The van der Waals surface area contributed by atoms with Gasteiger partial charge in [-0.2, -0.15) is 0 Å². The number of rotatable bonds is 24. The molecule has 4 atom stereocenters. The van der Waals surface area contributed by atoms with Gasteiger partial charge in [0.05, 0.1) is 4.47 Å². The Morgan fingerprint density at radius 3 is 1.86 bits per heavy atom. The van der Waals surface area contributed by atoms with Crippen molar-refractivity contribution < 1.29 is 24.5 Å². The minimum atomic E-state index is -2.14. The van der Waals surface area contributed by atoms with Gasteiger partial charge in [0.2, 0.25) is 0 Å². The summed E-state index contributed by atoms with van der Waals surface area (Å²) >= 11 is 3.09. The molecular formula is C33H55BrN2O7. The molecular weight excluding hydrogens is 616 g/mol. The summed E-state index contributed by atoms with van der Waals surface area (Å²) in [5.74, 6) is -0.993. The van der Waals surface area contributed by atoms with Crippen LogP contribution < -0.4 is 11.2 Å². The van der Waals surface area contributed by atoms with E-state index in [0.717, 1.165) is 43.1 Å². The van der Waals surface area contributed by atoms with Crippen molar-refractivity contribution in [2.24, 2.45) is 0 Å². The molecule has 1 fully saturated rings. The highest BCUT2D eigenvalue weighted by Gasteiger charge is 2.56. The molecule has 0 amide bonds. The van der Waals surface area contributed by atoms with E-state index >= 15 is 0 Å². The van der Waals surface area contributed by atoms with E-state index in [0.29, 0.717) is 12.8 Å². The number of H-pyrrole nitrogens is 1. The first-order valence-electron chi connectivity index (χ1n) is 16.8. The highest BCUT2D eigenvalue weighted by atomic mass is 79.9. The smallest absolute Gasteiger partial charge is 0.330 e. The van der Waals surface area contributed by atoms with Gasteiger partial charge in [-0.15, -0.1) is 0 Å². The molecule has 1 aromatic heterocycles. The lowest BCUT2D eigenvalue weighted by Gasteiger charge is -2.29. The standard InChI is InChI=1S/C33H55BrN2O7/c1-3-5-7-9-11-13-15-17-19-21-26(37)29(39)30-33(42,27(38)22-20-18-16-14-12-10-8-6-4-2)23-28(43-30)36-24-25(34)31(40)35-32(36)41/h24,28-30,39,42H,3-23H2,1-2H3,(H,35,40,41)/t28-,29?,30-,33-/m1/s1. The maximum atomic E-state index is 13.4. The van der Waals surface area contributed by atoms with Gasteiger partial charge in [0.25, 0.3) is 5.56 Å². The number of carbonyl (C=O) groups is 2. The molecule has 0 saturated carbocycles. The van der Waals surface area contributed by atoms with E-state index in [1.54, 1.807) is 0 Å². The van der Waals surface area contributed by atoms with Crippen molar-refractivity contribution in [3.63, 3.8) is 0 Å². The lowest BCUT2D eigenvalue weighted by atomic mass is 9.83. The minimum Gasteiger partial charge on any atom is -0.382 e. The number of carbonyl (C=O) groups excluding carboxylic acids is 2. The molecule has 0 aromatic carbocycles.